The fourth-order valence-electron chi connectivity index (χ4n) is 4.08. The lowest BCUT2D eigenvalue weighted by molar-refractivity contribution is 0.376. The molecule has 1 aliphatic carbocycles. The van der Waals surface area contributed by atoms with Gasteiger partial charge in [-0.05, 0) is 78.3 Å². The van der Waals surface area contributed by atoms with Crippen LogP contribution in [0.1, 0.15) is 56.1 Å². The smallest absolute Gasteiger partial charge is 0.119 e. The molecule has 0 bridgehead atoms. The van der Waals surface area contributed by atoms with Gasteiger partial charge in [0, 0.05) is 0 Å². The molecular formula is C24H30O. The van der Waals surface area contributed by atoms with Crippen molar-refractivity contribution in [3.05, 3.63) is 66.2 Å². The molecule has 0 amide bonds. The minimum absolute atomic E-state index is 0.719. The number of hydrogen-bond acceptors (Lipinski definition) is 1. The van der Waals surface area contributed by atoms with Crippen LogP contribution >= 0.6 is 0 Å². The van der Waals surface area contributed by atoms with E-state index in [1.807, 2.05) is 0 Å². The average molecular weight is 335 g/mol. The first-order valence-electron chi connectivity index (χ1n) is 9.65. The normalized spacial score (nSPS) is 20.2. The lowest BCUT2D eigenvalue weighted by Crippen LogP contribution is -2.11. The molecule has 0 N–H and O–H groups in total. The lowest BCUT2D eigenvalue weighted by atomic mass is 9.78. The van der Waals surface area contributed by atoms with Crippen molar-refractivity contribution >= 4 is 0 Å². The molecule has 1 fully saturated rings. The van der Waals surface area contributed by atoms with Crippen LogP contribution in [0.3, 0.4) is 0 Å². The summed E-state index contributed by atoms with van der Waals surface area (Å²) in [5.74, 6) is 2.39. The van der Waals surface area contributed by atoms with E-state index in [-0.39, 0.29) is 0 Å². The molecule has 0 heterocycles. The van der Waals surface area contributed by atoms with Crippen molar-refractivity contribution in [3.63, 3.8) is 0 Å². The van der Waals surface area contributed by atoms with Gasteiger partial charge >= 0.3 is 0 Å². The van der Waals surface area contributed by atoms with E-state index in [0.717, 1.165) is 30.4 Å². The summed E-state index contributed by atoms with van der Waals surface area (Å²) < 4.78 is 5.40. The van der Waals surface area contributed by atoms with E-state index in [1.54, 1.807) is 7.11 Å². The number of aryl methyl sites for hydroxylation is 1. The van der Waals surface area contributed by atoms with E-state index in [2.05, 4.69) is 62.0 Å². The van der Waals surface area contributed by atoms with E-state index < -0.39 is 0 Å². The molecule has 1 heteroatoms. The average Bonchev–Trinajstić information content (AvgIpc) is 2.68. The zero-order chi connectivity index (χ0) is 17.6. The number of ether oxygens (including phenoxy) is 1. The van der Waals surface area contributed by atoms with Crippen LogP contribution in [0, 0.1) is 5.92 Å². The van der Waals surface area contributed by atoms with Crippen LogP contribution in [-0.2, 0) is 6.42 Å². The highest BCUT2D eigenvalue weighted by Gasteiger charge is 2.20. The highest BCUT2D eigenvalue weighted by molar-refractivity contribution is 5.68. The van der Waals surface area contributed by atoms with Crippen LogP contribution in [0.4, 0.5) is 0 Å². The summed E-state index contributed by atoms with van der Waals surface area (Å²) in [6, 6.07) is 15.7. The summed E-state index contributed by atoms with van der Waals surface area (Å²) in [5.41, 5.74) is 5.53. The van der Waals surface area contributed by atoms with Gasteiger partial charge in [0.2, 0.25) is 0 Å². The van der Waals surface area contributed by atoms with Crippen molar-refractivity contribution in [3.8, 4) is 16.9 Å². The number of hydrogen-bond donors (Lipinski definition) is 0. The number of benzene rings is 2. The highest BCUT2D eigenvalue weighted by atomic mass is 16.5. The lowest BCUT2D eigenvalue weighted by Gasteiger charge is -2.27. The number of allylic oxidation sites excluding steroid dienone is 1. The number of rotatable bonds is 6. The Bertz CT molecular complexity index is 691. The third-order valence-corrected chi connectivity index (χ3v) is 5.63. The first-order valence-corrected chi connectivity index (χ1v) is 9.65. The number of methoxy groups -OCH3 is 1. The molecule has 132 valence electrons. The van der Waals surface area contributed by atoms with Crippen LogP contribution in [0.25, 0.3) is 11.1 Å². The predicted molar refractivity (Wildman–Crippen MR) is 107 cm³/mol. The van der Waals surface area contributed by atoms with E-state index in [9.17, 15) is 0 Å². The summed E-state index contributed by atoms with van der Waals surface area (Å²) in [5, 5.41) is 0. The van der Waals surface area contributed by atoms with Crippen molar-refractivity contribution in [1.82, 2.24) is 0 Å². The van der Waals surface area contributed by atoms with E-state index in [0.29, 0.717) is 0 Å². The van der Waals surface area contributed by atoms with Gasteiger partial charge in [-0.25, -0.2) is 0 Å². The molecular weight excluding hydrogens is 304 g/mol. The molecule has 0 aliphatic heterocycles. The minimum Gasteiger partial charge on any atom is -0.497 e. The molecule has 0 spiro atoms. The van der Waals surface area contributed by atoms with Crippen molar-refractivity contribution < 1.29 is 4.74 Å². The largest absolute Gasteiger partial charge is 0.497 e. The molecule has 1 saturated carbocycles. The Morgan fingerprint density at radius 3 is 2.36 bits per heavy atom. The second kappa shape index (κ2) is 8.38. The van der Waals surface area contributed by atoms with Gasteiger partial charge in [0.15, 0.2) is 0 Å². The van der Waals surface area contributed by atoms with Crippen LogP contribution in [0.2, 0.25) is 0 Å². The third kappa shape index (κ3) is 4.15. The van der Waals surface area contributed by atoms with E-state index in [4.69, 9.17) is 4.74 Å². The maximum Gasteiger partial charge on any atom is 0.119 e. The Kier molecular flexibility index (Phi) is 5.96. The Hall–Kier alpha value is -2.02. The molecule has 2 aromatic carbocycles. The first-order chi connectivity index (χ1) is 12.2. The van der Waals surface area contributed by atoms with Crippen LogP contribution in [-0.4, -0.2) is 7.11 Å². The van der Waals surface area contributed by atoms with E-state index in [1.165, 1.54) is 47.9 Å². The standard InChI is InChI=1S/C24H30O/c1-4-6-22-17-23(25-3)15-16-24(22)21-13-11-20(12-14-21)19-9-7-18(5-2)8-10-19/h5,11-19H,2,4,6-10H2,1,3H3. The van der Waals surface area contributed by atoms with Crippen LogP contribution < -0.4 is 4.74 Å². The monoisotopic (exact) mass is 334 g/mol. The Morgan fingerprint density at radius 1 is 1.04 bits per heavy atom. The summed E-state index contributed by atoms with van der Waals surface area (Å²) in [4.78, 5) is 0. The molecule has 3 rings (SSSR count). The van der Waals surface area contributed by atoms with Gasteiger partial charge in [-0.2, -0.15) is 0 Å². The van der Waals surface area contributed by atoms with Gasteiger partial charge in [0.25, 0.3) is 0 Å². The van der Waals surface area contributed by atoms with Gasteiger partial charge in [0.1, 0.15) is 5.75 Å². The SMILES string of the molecule is C=CC1CCC(c2ccc(-c3ccc(OC)cc3CCC)cc2)CC1. The molecule has 25 heavy (non-hydrogen) atoms. The predicted octanol–water partition coefficient (Wildman–Crippen LogP) is 6.77. The van der Waals surface area contributed by atoms with Crippen LogP contribution in [0.15, 0.2) is 55.1 Å². The molecule has 0 saturated heterocycles. The topological polar surface area (TPSA) is 9.23 Å². The minimum atomic E-state index is 0.719. The fourth-order valence-corrected chi connectivity index (χ4v) is 4.08. The zero-order valence-corrected chi connectivity index (χ0v) is 15.6. The third-order valence-electron chi connectivity index (χ3n) is 5.63. The second-order valence-electron chi connectivity index (χ2n) is 7.24. The molecule has 1 nitrogen and oxygen atoms in total. The van der Waals surface area contributed by atoms with Crippen LogP contribution in [0.5, 0.6) is 5.75 Å². The molecule has 0 radical (unpaired) electrons. The summed E-state index contributed by atoms with van der Waals surface area (Å²) in [6.07, 6.45) is 9.52. The Morgan fingerprint density at radius 2 is 1.76 bits per heavy atom. The maximum absolute atomic E-state index is 5.40. The van der Waals surface area contributed by atoms with Crippen molar-refractivity contribution in [2.75, 3.05) is 7.11 Å². The molecule has 0 atom stereocenters. The highest BCUT2D eigenvalue weighted by Crippen LogP contribution is 2.37. The maximum atomic E-state index is 5.40. The van der Waals surface area contributed by atoms with Gasteiger partial charge < -0.3 is 4.74 Å². The molecule has 0 aromatic heterocycles. The molecule has 0 unspecified atom stereocenters. The molecule has 2 aromatic rings. The summed E-state index contributed by atoms with van der Waals surface area (Å²) in [6.45, 7) is 6.18. The second-order valence-corrected chi connectivity index (χ2v) is 7.24. The summed E-state index contributed by atoms with van der Waals surface area (Å²) in [7, 11) is 1.74. The van der Waals surface area contributed by atoms with Gasteiger partial charge in [0.05, 0.1) is 7.11 Å². The van der Waals surface area contributed by atoms with E-state index >= 15 is 0 Å². The van der Waals surface area contributed by atoms with Gasteiger partial charge in [-0.1, -0.05) is 49.8 Å². The van der Waals surface area contributed by atoms with Gasteiger partial charge in [-0.3, -0.25) is 0 Å². The first kappa shape index (κ1) is 17.8. The van der Waals surface area contributed by atoms with Crippen molar-refractivity contribution in [2.24, 2.45) is 5.92 Å². The van der Waals surface area contributed by atoms with Crippen molar-refractivity contribution in [2.45, 2.75) is 51.4 Å². The molecule has 1 aliphatic rings. The van der Waals surface area contributed by atoms with Gasteiger partial charge in [-0.15, -0.1) is 6.58 Å². The Labute approximate surface area is 152 Å². The fraction of sp³-hybridized carbons (Fsp3) is 0.417. The zero-order valence-electron chi connectivity index (χ0n) is 15.6. The quantitative estimate of drug-likeness (QED) is 0.529. The Balaban J connectivity index is 1.79. The summed E-state index contributed by atoms with van der Waals surface area (Å²) >= 11 is 0. The van der Waals surface area contributed by atoms with Crippen molar-refractivity contribution in [1.29, 1.82) is 0 Å².